The van der Waals surface area contributed by atoms with Crippen LogP contribution in [0.15, 0.2) is 24.3 Å². The number of pyridine rings is 1. The van der Waals surface area contributed by atoms with Crippen LogP contribution in [0.2, 0.25) is 5.15 Å². The predicted octanol–water partition coefficient (Wildman–Crippen LogP) is 2.92. The van der Waals surface area contributed by atoms with Crippen molar-refractivity contribution in [3.63, 3.8) is 0 Å². The zero-order chi connectivity index (χ0) is 17.5. The number of ether oxygens (including phenoxy) is 2. The molecule has 24 heavy (non-hydrogen) atoms. The average Bonchev–Trinajstić information content (AvgIpc) is 2.60. The number of benzene rings is 1. The third-order valence-electron chi connectivity index (χ3n) is 3.13. The van der Waals surface area contributed by atoms with Crippen LogP contribution in [-0.2, 0) is 0 Å². The third kappa shape index (κ3) is 3.57. The lowest BCUT2D eigenvalue weighted by Gasteiger charge is -2.13. The summed E-state index contributed by atoms with van der Waals surface area (Å²) in [6, 6.07) is 10.8. The number of halogens is 1. The normalized spacial score (nSPS) is 9.88. The predicted molar refractivity (Wildman–Crippen MR) is 87.9 cm³/mol. The SMILES string of the molecule is CCOc1nc(Cl)c(C#N)c(-c2ccc(OCCO)cc2)c1C#N. The van der Waals surface area contributed by atoms with Crippen molar-refractivity contribution in [2.24, 2.45) is 0 Å². The van der Waals surface area contributed by atoms with Crippen LogP contribution >= 0.6 is 11.6 Å². The van der Waals surface area contributed by atoms with E-state index in [1.807, 2.05) is 12.1 Å². The molecule has 1 aromatic carbocycles. The standard InChI is InChI=1S/C17H14ClN3O3/c1-2-23-17-14(10-20)15(13(9-19)16(18)21-17)11-3-5-12(6-4-11)24-8-7-22/h3-6,22H,2,7-8H2,1H3. The lowest BCUT2D eigenvalue weighted by Crippen LogP contribution is -2.03. The van der Waals surface area contributed by atoms with E-state index in [4.69, 9.17) is 26.2 Å². The van der Waals surface area contributed by atoms with Crippen molar-refractivity contribution in [2.45, 2.75) is 6.92 Å². The summed E-state index contributed by atoms with van der Waals surface area (Å²) in [7, 11) is 0. The molecule has 0 aliphatic rings. The molecule has 2 aromatic rings. The highest BCUT2D eigenvalue weighted by Crippen LogP contribution is 2.36. The van der Waals surface area contributed by atoms with Crippen LogP contribution in [0, 0.1) is 22.7 Å². The first-order chi connectivity index (χ1) is 11.7. The summed E-state index contributed by atoms with van der Waals surface area (Å²) in [5, 5.41) is 27.6. The summed E-state index contributed by atoms with van der Waals surface area (Å²) < 4.78 is 10.7. The van der Waals surface area contributed by atoms with Gasteiger partial charge < -0.3 is 14.6 Å². The van der Waals surface area contributed by atoms with Crippen LogP contribution in [0.1, 0.15) is 18.1 Å². The molecule has 2 rings (SSSR count). The van der Waals surface area contributed by atoms with E-state index in [-0.39, 0.29) is 35.4 Å². The van der Waals surface area contributed by atoms with Gasteiger partial charge in [-0.1, -0.05) is 23.7 Å². The van der Waals surface area contributed by atoms with Gasteiger partial charge in [0.15, 0.2) is 5.15 Å². The molecule has 0 bridgehead atoms. The van der Waals surface area contributed by atoms with Crippen LogP contribution in [-0.4, -0.2) is 29.9 Å². The summed E-state index contributed by atoms with van der Waals surface area (Å²) in [6.45, 7) is 2.18. The highest BCUT2D eigenvalue weighted by atomic mass is 35.5. The number of hydrogen-bond acceptors (Lipinski definition) is 6. The Labute approximate surface area is 144 Å². The number of nitriles is 2. The summed E-state index contributed by atoms with van der Waals surface area (Å²) in [5.74, 6) is 0.662. The van der Waals surface area contributed by atoms with Crippen LogP contribution in [0.3, 0.4) is 0 Å². The topological polar surface area (TPSA) is 99.2 Å². The van der Waals surface area contributed by atoms with Crippen molar-refractivity contribution in [2.75, 3.05) is 19.8 Å². The Morgan fingerprint density at radius 2 is 1.79 bits per heavy atom. The second kappa shape index (κ2) is 8.16. The highest BCUT2D eigenvalue weighted by molar-refractivity contribution is 6.31. The van der Waals surface area contributed by atoms with Gasteiger partial charge in [0.1, 0.15) is 30.1 Å². The van der Waals surface area contributed by atoms with E-state index in [2.05, 4.69) is 4.98 Å². The molecule has 1 aromatic heterocycles. The highest BCUT2D eigenvalue weighted by Gasteiger charge is 2.21. The Bertz CT molecular complexity index is 808. The minimum absolute atomic E-state index is 0.0180. The van der Waals surface area contributed by atoms with Crippen LogP contribution in [0.4, 0.5) is 0 Å². The van der Waals surface area contributed by atoms with Crippen molar-refractivity contribution in [3.05, 3.63) is 40.5 Å². The summed E-state index contributed by atoms with van der Waals surface area (Å²) in [4.78, 5) is 3.99. The van der Waals surface area contributed by atoms with Crippen molar-refractivity contribution in [1.82, 2.24) is 4.98 Å². The first-order valence-electron chi connectivity index (χ1n) is 7.16. The molecule has 0 saturated heterocycles. The molecule has 0 amide bonds. The Morgan fingerprint density at radius 1 is 1.12 bits per heavy atom. The van der Waals surface area contributed by atoms with Crippen LogP contribution in [0.5, 0.6) is 11.6 Å². The number of rotatable bonds is 6. The van der Waals surface area contributed by atoms with Gasteiger partial charge in [0.05, 0.1) is 18.8 Å². The maximum atomic E-state index is 9.49. The Hall–Kier alpha value is -2.80. The maximum absolute atomic E-state index is 9.49. The second-order valence-electron chi connectivity index (χ2n) is 4.59. The van der Waals surface area contributed by atoms with Gasteiger partial charge in [0.25, 0.3) is 0 Å². The fraction of sp³-hybridized carbons (Fsp3) is 0.235. The van der Waals surface area contributed by atoms with Gasteiger partial charge in [0, 0.05) is 5.56 Å². The Kier molecular flexibility index (Phi) is 5.97. The first kappa shape index (κ1) is 17.6. The Morgan fingerprint density at radius 3 is 2.33 bits per heavy atom. The van der Waals surface area contributed by atoms with Crippen molar-refractivity contribution in [1.29, 1.82) is 10.5 Å². The van der Waals surface area contributed by atoms with E-state index >= 15 is 0 Å². The average molecular weight is 344 g/mol. The van der Waals surface area contributed by atoms with Gasteiger partial charge in [-0.3, -0.25) is 0 Å². The molecular formula is C17H14ClN3O3. The fourth-order valence-corrected chi connectivity index (χ4v) is 2.37. The van der Waals surface area contributed by atoms with E-state index in [9.17, 15) is 10.5 Å². The zero-order valence-electron chi connectivity index (χ0n) is 12.9. The minimum atomic E-state index is -0.0867. The van der Waals surface area contributed by atoms with E-state index in [0.717, 1.165) is 0 Å². The molecule has 0 radical (unpaired) electrons. The zero-order valence-corrected chi connectivity index (χ0v) is 13.7. The van der Waals surface area contributed by atoms with Gasteiger partial charge in [-0.05, 0) is 24.6 Å². The van der Waals surface area contributed by atoms with Crippen molar-refractivity contribution >= 4 is 11.6 Å². The molecular weight excluding hydrogens is 330 g/mol. The number of aromatic nitrogens is 1. The lowest BCUT2D eigenvalue weighted by molar-refractivity contribution is 0.201. The lowest BCUT2D eigenvalue weighted by atomic mass is 9.97. The monoisotopic (exact) mass is 343 g/mol. The van der Waals surface area contributed by atoms with Gasteiger partial charge >= 0.3 is 0 Å². The molecule has 0 spiro atoms. The molecule has 0 aliphatic carbocycles. The minimum Gasteiger partial charge on any atom is -0.491 e. The molecule has 1 heterocycles. The summed E-state index contributed by atoms with van der Waals surface area (Å²) >= 11 is 6.07. The van der Waals surface area contributed by atoms with Gasteiger partial charge in [-0.25, -0.2) is 0 Å². The van der Waals surface area contributed by atoms with E-state index in [1.165, 1.54) is 0 Å². The molecule has 0 saturated carbocycles. The van der Waals surface area contributed by atoms with Crippen molar-refractivity contribution < 1.29 is 14.6 Å². The molecule has 0 aliphatic heterocycles. The smallest absolute Gasteiger partial charge is 0.233 e. The molecule has 1 N–H and O–H groups in total. The number of nitrogens with zero attached hydrogens (tertiary/aromatic N) is 3. The van der Waals surface area contributed by atoms with Crippen LogP contribution in [0.25, 0.3) is 11.1 Å². The molecule has 6 nitrogen and oxygen atoms in total. The quantitative estimate of drug-likeness (QED) is 0.809. The molecule has 0 atom stereocenters. The Balaban J connectivity index is 2.59. The van der Waals surface area contributed by atoms with Crippen molar-refractivity contribution in [3.8, 4) is 34.9 Å². The van der Waals surface area contributed by atoms with Gasteiger partial charge in [0.2, 0.25) is 5.88 Å². The van der Waals surface area contributed by atoms with Gasteiger partial charge in [-0.2, -0.15) is 15.5 Å². The first-order valence-corrected chi connectivity index (χ1v) is 7.54. The maximum Gasteiger partial charge on any atom is 0.233 e. The van der Waals surface area contributed by atoms with Crippen LogP contribution < -0.4 is 9.47 Å². The molecule has 122 valence electrons. The summed E-state index contributed by atoms with van der Waals surface area (Å²) in [6.07, 6.45) is 0. The second-order valence-corrected chi connectivity index (χ2v) is 4.94. The molecule has 0 fully saturated rings. The largest absolute Gasteiger partial charge is 0.491 e. The number of aliphatic hydroxyl groups is 1. The van der Waals surface area contributed by atoms with E-state index < -0.39 is 0 Å². The molecule has 7 heteroatoms. The number of aliphatic hydroxyl groups excluding tert-OH is 1. The summed E-state index contributed by atoms with van der Waals surface area (Å²) in [5.41, 5.74) is 1.25. The van der Waals surface area contributed by atoms with Gasteiger partial charge in [-0.15, -0.1) is 0 Å². The van der Waals surface area contributed by atoms with E-state index in [0.29, 0.717) is 23.5 Å². The fourth-order valence-electron chi connectivity index (χ4n) is 2.15. The number of hydrogen-bond donors (Lipinski definition) is 1. The molecule has 0 unspecified atom stereocenters. The third-order valence-corrected chi connectivity index (χ3v) is 3.40. The van der Waals surface area contributed by atoms with E-state index in [1.54, 1.807) is 31.2 Å².